The Morgan fingerprint density at radius 1 is 1.04 bits per heavy atom. The van der Waals surface area contributed by atoms with E-state index in [1.165, 1.54) is 5.56 Å². The minimum absolute atomic E-state index is 0.135. The third-order valence-electron chi connectivity index (χ3n) is 4.16. The Labute approximate surface area is 134 Å². The quantitative estimate of drug-likeness (QED) is 0.526. The van der Waals surface area contributed by atoms with Crippen LogP contribution < -0.4 is 5.73 Å². The molecule has 2 heterocycles. The molecule has 0 amide bonds. The third-order valence-corrected chi connectivity index (χ3v) is 4.16. The molecule has 0 saturated heterocycles. The summed E-state index contributed by atoms with van der Waals surface area (Å²) in [5.41, 5.74) is 11.0. The van der Waals surface area contributed by atoms with Gasteiger partial charge in [-0.3, -0.25) is 4.40 Å². The lowest BCUT2D eigenvalue weighted by Crippen LogP contribution is -2.10. The number of benzene rings is 2. The molecule has 4 rings (SSSR count). The Hall–Kier alpha value is -2.82. The van der Waals surface area contributed by atoms with Gasteiger partial charge in [-0.05, 0) is 29.2 Å². The fraction of sp³-hybridized carbons (Fsp3) is 0.222. The van der Waals surface area contributed by atoms with E-state index in [4.69, 9.17) is 5.73 Å². The Balaban J connectivity index is 1.92. The molecule has 2 aromatic carbocycles. The molecule has 0 spiro atoms. The van der Waals surface area contributed by atoms with Crippen LogP contribution in [0.25, 0.3) is 28.2 Å². The first-order valence-electron chi connectivity index (χ1n) is 7.66. The van der Waals surface area contributed by atoms with Crippen LogP contribution in [0, 0.1) is 0 Å². The predicted octanol–water partition coefficient (Wildman–Crippen LogP) is 3.76. The number of H-pyrrole nitrogens is 1. The highest BCUT2D eigenvalue weighted by Gasteiger charge is 2.16. The molecule has 116 valence electrons. The van der Waals surface area contributed by atoms with Crippen molar-refractivity contribution in [1.82, 2.24) is 19.6 Å². The van der Waals surface area contributed by atoms with Crippen LogP contribution in [0.15, 0.2) is 42.5 Å². The van der Waals surface area contributed by atoms with Crippen molar-refractivity contribution in [3.05, 3.63) is 48.0 Å². The monoisotopic (exact) mass is 305 g/mol. The summed E-state index contributed by atoms with van der Waals surface area (Å²) in [7, 11) is 0. The maximum absolute atomic E-state index is 5.93. The average Bonchev–Trinajstić information content (AvgIpc) is 3.06. The third kappa shape index (κ3) is 2.16. The standard InChI is InChI=1S/C18H19N5/c1-18(2,3)12-6-4-11(5-7-12)16-21-22-17-20-14-9-8-13(19)10-15(14)23(16)17/h4-10H,19H2,1-3H3,(H,20,22). The SMILES string of the molecule is CC(C)(C)c1ccc(-c2n[nH]c3nc4ccc(N)cc4n23)cc1. The average molecular weight is 305 g/mol. The van der Waals surface area contributed by atoms with Gasteiger partial charge in [-0.2, -0.15) is 5.10 Å². The van der Waals surface area contributed by atoms with Gasteiger partial charge in [-0.15, -0.1) is 0 Å². The summed E-state index contributed by atoms with van der Waals surface area (Å²) in [6, 6.07) is 14.2. The zero-order valence-electron chi connectivity index (χ0n) is 13.5. The lowest BCUT2D eigenvalue weighted by atomic mass is 9.87. The summed E-state index contributed by atoms with van der Waals surface area (Å²) < 4.78 is 2.01. The fourth-order valence-corrected chi connectivity index (χ4v) is 2.85. The van der Waals surface area contributed by atoms with Gasteiger partial charge in [-0.25, -0.2) is 10.1 Å². The Morgan fingerprint density at radius 2 is 1.78 bits per heavy atom. The van der Waals surface area contributed by atoms with E-state index in [9.17, 15) is 0 Å². The smallest absolute Gasteiger partial charge is 0.230 e. The van der Waals surface area contributed by atoms with Gasteiger partial charge in [0.05, 0.1) is 11.0 Å². The van der Waals surface area contributed by atoms with E-state index in [1.54, 1.807) is 0 Å². The summed E-state index contributed by atoms with van der Waals surface area (Å²) in [6.45, 7) is 6.63. The number of rotatable bonds is 1. The number of hydrogen-bond donors (Lipinski definition) is 2. The highest BCUT2D eigenvalue weighted by Crippen LogP contribution is 2.28. The molecular formula is C18H19N5. The molecule has 23 heavy (non-hydrogen) atoms. The van der Waals surface area contributed by atoms with Gasteiger partial charge in [0, 0.05) is 11.3 Å². The largest absolute Gasteiger partial charge is 0.399 e. The van der Waals surface area contributed by atoms with E-state index < -0.39 is 0 Å². The van der Waals surface area contributed by atoms with Crippen molar-refractivity contribution in [3.63, 3.8) is 0 Å². The minimum Gasteiger partial charge on any atom is -0.399 e. The number of aromatic amines is 1. The molecule has 0 fully saturated rings. The minimum atomic E-state index is 0.135. The summed E-state index contributed by atoms with van der Waals surface area (Å²) in [5.74, 6) is 1.56. The second-order valence-electron chi connectivity index (χ2n) is 6.89. The van der Waals surface area contributed by atoms with Crippen LogP contribution in [0.4, 0.5) is 5.69 Å². The van der Waals surface area contributed by atoms with Crippen LogP contribution in [-0.2, 0) is 5.41 Å². The number of nitrogens with zero attached hydrogens (tertiary/aromatic N) is 3. The van der Waals surface area contributed by atoms with Gasteiger partial charge >= 0.3 is 0 Å². The first kappa shape index (κ1) is 13.8. The number of hydrogen-bond acceptors (Lipinski definition) is 3. The molecule has 0 aliphatic heterocycles. The normalized spacial score (nSPS) is 12.3. The van der Waals surface area contributed by atoms with Gasteiger partial charge in [-0.1, -0.05) is 45.0 Å². The van der Waals surface area contributed by atoms with Crippen LogP contribution in [0.3, 0.4) is 0 Å². The van der Waals surface area contributed by atoms with E-state index >= 15 is 0 Å². The zero-order valence-corrected chi connectivity index (χ0v) is 13.5. The number of fused-ring (bicyclic) bond motifs is 3. The number of nitrogens with one attached hydrogen (secondary N) is 1. The first-order chi connectivity index (χ1) is 10.9. The molecular weight excluding hydrogens is 286 g/mol. The van der Waals surface area contributed by atoms with Crippen molar-refractivity contribution in [2.24, 2.45) is 0 Å². The molecule has 0 bridgehead atoms. The van der Waals surface area contributed by atoms with Gasteiger partial charge in [0.2, 0.25) is 5.78 Å². The summed E-state index contributed by atoms with van der Waals surface area (Å²) in [5, 5.41) is 7.43. The van der Waals surface area contributed by atoms with Crippen LogP contribution >= 0.6 is 0 Å². The lowest BCUT2D eigenvalue weighted by molar-refractivity contribution is 0.590. The van der Waals surface area contributed by atoms with E-state index in [1.807, 2.05) is 22.6 Å². The van der Waals surface area contributed by atoms with Crippen LogP contribution in [-0.4, -0.2) is 19.6 Å². The van der Waals surface area contributed by atoms with Gasteiger partial charge in [0.1, 0.15) is 0 Å². The van der Waals surface area contributed by atoms with Gasteiger partial charge in [0.15, 0.2) is 5.82 Å². The maximum atomic E-state index is 5.93. The molecule has 0 aliphatic carbocycles. The van der Waals surface area contributed by atoms with Crippen molar-refractivity contribution < 1.29 is 0 Å². The van der Waals surface area contributed by atoms with E-state index in [0.29, 0.717) is 0 Å². The van der Waals surface area contributed by atoms with Crippen molar-refractivity contribution in [1.29, 1.82) is 0 Å². The summed E-state index contributed by atoms with van der Waals surface area (Å²) in [4.78, 5) is 4.55. The molecule has 0 radical (unpaired) electrons. The zero-order chi connectivity index (χ0) is 16.2. The molecule has 0 aliphatic rings. The molecule has 0 atom stereocenters. The maximum Gasteiger partial charge on any atom is 0.230 e. The molecule has 2 aromatic heterocycles. The van der Waals surface area contributed by atoms with Crippen LogP contribution in [0.5, 0.6) is 0 Å². The van der Waals surface area contributed by atoms with Gasteiger partial charge in [0.25, 0.3) is 0 Å². The topological polar surface area (TPSA) is 72.0 Å². The second-order valence-corrected chi connectivity index (χ2v) is 6.89. The van der Waals surface area contributed by atoms with Crippen molar-refractivity contribution >= 4 is 22.5 Å². The van der Waals surface area contributed by atoms with Crippen LogP contribution in [0.1, 0.15) is 26.3 Å². The Bertz CT molecular complexity index is 1000. The molecule has 3 N–H and O–H groups in total. The number of imidazole rings is 1. The number of nitrogens with two attached hydrogens (primary N) is 1. The summed E-state index contributed by atoms with van der Waals surface area (Å²) >= 11 is 0. The van der Waals surface area contributed by atoms with Crippen molar-refractivity contribution in [2.45, 2.75) is 26.2 Å². The molecule has 5 nitrogen and oxygen atoms in total. The van der Waals surface area contributed by atoms with E-state index in [2.05, 4.69) is 60.2 Å². The highest BCUT2D eigenvalue weighted by atomic mass is 15.3. The number of aromatic nitrogens is 4. The Kier molecular flexibility index (Phi) is 2.75. The summed E-state index contributed by atoms with van der Waals surface area (Å²) in [6.07, 6.45) is 0. The molecule has 4 aromatic rings. The molecule has 0 unspecified atom stereocenters. The molecule has 0 saturated carbocycles. The second kappa shape index (κ2) is 4.59. The molecule has 5 heteroatoms. The van der Waals surface area contributed by atoms with Gasteiger partial charge < -0.3 is 5.73 Å². The van der Waals surface area contributed by atoms with Crippen molar-refractivity contribution in [2.75, 3.05) is 5.73 Å². The Morgan fingerprint density at radius 3 is 2.48 bits per heavy atom. The fourth-order valence-electron chi connectivity index (χ4n) is 2.85. The lowest BCUT2D eigenvalue weighted by Gasteiger charge is -2.18. The van der Waals surface area contributed by atoms with E-state index in [0.717, 1.165) is 33.9 Å². The van der Waals surface area contributed by atoms with Crippen molar-refractivity contribution in [3.8, 4) is 11.4 Å². The first-order valence-corrected chi connectivity index (χ1v) is 7.66. The van der Waals surface area contributed by atoms with Crippen LogP contribution in [0.2, 0.25) is 0 Å². The predicted molar refractivity (Wildman–Crippen MR) is 93.4 cm³/mol. The number of anilines is 1. The van der Waals surface area contributed by atoms with E-state index in [-0.39, 0.29) is 5.41 Å². The number of nitrogen functional groups attached to an aromatic ring is 1. The highest BCUT2D eigenvalue weighted by molar-refractivity contribution is 5.84.